The molecular formula is C17H18N2O6. The van der Waals surface area contributed by atoms with Crippen LogP contribution in [0.4, 0.5) is 4.79 Å². The molecular weight excluding hydrogens is 328 g/mol. The Morgan fingerprint density at radius 1 is 1.28 bits per heavy atom. The SMILES string of the molecule is C=CCNC(=O)NC(=O)COC(=O)c1oc2ccccc2c1COC. The van der Waals surface area contributed by atoms with Gasteiger partial charge >= 0.3 is 12.0 Å². The van der Waals surface area contributed by atoms with E-state index in [1.807, 2.05) is 5.32 Å². The zero-order valence-electron chi connectivity index (χ0n) is 13.7. The van der Waals surface area contributed by atoms with Crippen LogP contribution >= 0.6 is 0 Å². The lowest BCUT2D eigenvalue weighted by Gasteiger charge is -2.06. The summed E-state index contributed by atoms with van der Waals surface area (Å²) in [5.41, 5.74) is 1.04. The molecule has 0 spiro atoms. The minimum Gasteiger partial charge on any atom is -0.450 e. The van der Waals surface area contributed by atoms with Gasteiger partial charge in [-0.15, -0.1) is 6.58 Å². The van der Waals surface area contributed by atoms with Crippen LogP contribution in [0.25, 0.3) is 11.0 Å². The maximum Gasteiger partial charge on any atom is 0.375 e. The van der Waals surface area contributed by atoms with Crippen molar-refractivity contribution in [3.63, 3.8) is 0 Å². The third-order valence-corrected chi connectivity index (χ3v) is 3.17. The molecule has 1 heterocycles. The Labute approximate surface area is 143 Å². The summed E-state index contributed by atoms with van der Waals surface area (Å²) in [4.78, 5) is 35.1. The van der Waals surface area contributed by atoms with Gasteiger partial charge in [-0.2, -0.15) is 0 Å². The standard InChI is InChI=1S/C17H18N2O6/c1-3-8-18-17(22)19-14(20)10-24-16(21)15-12(9-23-2)11-6-4-5-7-13(11)25-15/h3-7H,1,8-10H2,2H3,(H2,18,19,20,22). The number of methoxy groups -OCH3 is 1. The molecule has 2 rings (SSSR count). The van der Waals surface area contributed by atoms with Gasteiger partial charge < -0.3 is 19.2 Å². The lowest BCUT2D eigenvalue weighted by molar-refractivity contribution is -0.123. The van der Waals surface area contributed by atoms with E-state index in [9.17, 15) is 14.4 Å². The molecule has 0 atom stereocenters. The van der Waals surface area contributed by atoms with Gasteiger partial charge in [0.1, 0.15) is 5.58 Å². The van der Waals surface area contributed by atoms with Gasteiger partial charge in [0.25, 0.3) is 5.91 Å². The first-order valence-corrected chi connectivity index (χ1v) is 7.41. The Morgan fingerprint density at radius 2 is 2.04 bits per heavy atom. The molecule has 2 aromatic rings. The Balaban J connectivity index is 2.02. The number of carbonyl (C=O) groups is 3. The van der Waals surface area contributed by atoms with E-state index in [1.54, 1.807) is 24.3 Å². The fourth-order valence-electron chi connectivity index (χ4n) is 2.12. The van der Waals surface area contributed by atoms with Gasteiger partial charge in [0.05, 0.1) is 6.61 Å². The number of para-hydroxylation sites is 1. The second-order valence-corrected chi connectivity index (χ2v) is 4.96. The van der Waals surface area contributed by atoms with Crippen LogP contribution in [0.15, 0.2) is 41.3 Å². The van der Waals surface area contributed by atoms with Crippen LogP contribution in [0.3, 0.4) is 0 Å². The number of hydrogen-bond acceptors (Lipinski definition) is 6. The molecule has 0 bridgehead atoms. The fraction of sp³-hybridized carbons (Fsp3) is 0.235. The van der Waals surface area contributed by atoms with Gasteiger partial charge in [0, 0.05) is 24.6 Å². The highest BCUT2D eigenvalue weighted by Gasteiger charge is 2.22. The van der Waals surface area contributed by atoms with Crippen LogP contribution < -0.4 is 10.6 Å². The van der Waals surface area contributed by atoms with Crippen LogP contribution in [-0.2, 0) is 20.9 Å². The van der Waals surface area contributed by atoms with Gasteiger partial charge in [0.15, 0.2) is 6.61 Å². The average molecular weight is 346 g/mol. The summed E-state index contributed by atoms with van der Waals surface area (Å²) in [5.74, 6) is -1.61. The van der Waals surface area contributed by atoms with E-state index < -0.39 is 24.5 Å². The summed E-state index contributed by atoms with van der Waals surface area (Å²) < 4.78 is 15.5. The summed E-state index contributed by atoms with van der Waals surface area (Å²) in [6, 6.07) is 6.38. The summed E-state index contributed by atoms with van der Waals surface area (Å²) in [6.07, 6.45) is 1.46. The number of hydrogen-bond donors (Lipinski definition) is 2. The number of rotatable bonds is 7. The molecule has 0 saturated carbocycles. The lowest BCUT2D eigenvalue weighted by atomic mass is 10.1. The molecule has 0 aliphatic rings. The van der Waals surface area contributed by atoms with Crippen molar-refractivity contribution in [2.45, 2.75) is 6.61 Å². The van der Waals surface area contributed by atoms with Gasteiger partial charge in [-0.3, -0.25) is 10.1 Å². The first-order chi connectivity index (χ1) is 12.1. The third kappa shape index (κ3) is 4.67. The molecule has 2 N–H and O–H groups in total. The zero-order chi connectivity index (χ0) is 18.2. The Kier molecular flexibility index (Phi) is 6.30. The molecule has 0 aliphatic heterocycles. The number of ether oxygens (including phenoxy) is 2. The fourth-order valence-corrected chi connectivity index (χ4v) is 2.12. The molecule has 0 aliphatic carbocycles. The van der Waals surface area contributed by atoms with Crippen molar-refractivity contribution < 1.29 is 28.3 Å². The quantitative estimate of drug-likeness (QED) is 0.584. The lowest BCUT2D eigenvalue weighted by Crippen LogP contribution is -2.41. The zero-order valence-corrected chi connectivity index (χ0v) is 13.7. The van der Waals surface area contributed by atoms with Crippen molar-refractivity contribution in [2.24, 2.45) is 0 Å². The van der Waals surface area contributed by atoms with Crippen LogP contribution in [0.5, 0.6) is 0 Å². The number of urea groups is 1. The van der Waals surface area contributed by atoms with Crippen LogP contribution in [0, 0.1) is 0 Å². The van der Waals surface area contributed by atoms with Gasteiger partial charge in [-0.05, 0) is 6.07 Å². The van der Waals surface area contributed by atoms with Crippen LogP contribution in [-0.4, -0.2) is 38.2 Å². The van der Waals surface area contributed by atoms with Gasteiger partial charge in [-0.25, -0.2) is 9.59 Å². The molecule has 132 valence electrons. The van der Waals surface area contributed by atoms with Crippen LogP contribution in [0.2, 0.25) is 0 Å². The van der Waals surface area contributed by atoms with Gasteiger partial charge in [0.2, 0.25) is 5.76 Å². The van der Waals surface area contributed by atoms with E-state index in [1.165, 1.54) is 13.2 Å². The Hall–Kier alpha value is -3.13. The normalized spacial score (nSPS) is 10.3. The summed E-state index contributed by atoms with van der Waals surface area (Å²) in [5, 5.41) is 5.11. The maximum absolute atomic E-state index is 12.2. The van der Waals surface area contributed by atoms with E-state index in [2.05, 4.69) is 11.9 Å². The van der Waals surface area contributed by atoms with Crippen molar-refractivity contribution in [1.29, 1.82) is 0 Å². The number of esters is 1. The molecule has 1 aromatic heterocycles. The second kappa shape index (κ2) is 8.65. The minimum absolute atomic E-state index is 0.0352. The highest BCUT2D eigenvalue weighted by Crippen LogP contribution is 2.27. The van der Waals surface area contributed by atoms with Crippen molar-refractivity contribution in [2.75, 3.05) is 20.3 Å². The number of furan rings is 1. The molecule has 0 unspecified atom stereocenters. The molecule has 0 radical (unpaired) electrons. The molecule has 0 fully saturated rings. The van der Waals surface area contributed by atoms with E-state index in [0.717, 1.165) is 5.39 Å². The van der Waals surface area contributed by atoms with E-state index in [4.69, 9.17) is 13.9 Å². The Morgan fingerprint density at radius 3 is 2.76 bits per heavy atom. The monoisotopic (exact) mass is 346 g/mol. The maximum atomic E-state index is 12.2. The summed E-state index contributed by atoms with van der Waals surface area (Å²) in [7, 11) is 1.49. The number of nitrogens with one attached hydrogen (secondary N) is 2. The van der Waals surface area contributed by atoms with Crippen molar-refractivity contribution in [3.05, 3.63) is 48.2 Å². The molecule has 1 aromatic carbocycles. The van der Waals surface area contributed by atoms with E-state index >= 15 is 0 Å². The number of amides is 3. The van der Waals surface area contributed by atoms with E-state index in [-0.39, 0.29) is 18.9 Å². The van der Waals surface area contributed by atoms with E-state index in [0.29, 0.717) is 11.1 Å². The minimum atomic E-state index is -0.815. The molecule has 0 saturated heterocycles. The van der Waals surface area contributed by atoms with Crippen molar-refractivity contribution in [1.82, 2.24) is 10.6 Å². The predicted molar refractivity (Wildman–Crippen MR) is 88.9 cm³/mol. The number of fused-ring (bicyclic) bond motifs is 1. The smallest absolute Gasteiger partial charge is 0.375 e. The largest absolute Gasteiger partial charge is 0.450 e. The topological polar surface area (TPSA) is 107 Å². The number of benzene rings is 1. The third-order valence-electron chi connectivity index (χ3n) is 3.17. The first-order valence-electron chi connectivity index (χ1n) is 7.41. The first kappa shape index (κ1) is 18.2. The predicted octanol–water partition coefficient (Wildman–Crippen LogP) is 1.75. The highest BCUT2D eigenvalue weighted by atomic mass is 16.5. The molecule has 8 nitrogen and oxygen atoms in total. The van der Waals surface area contributed by atoms with Gasteiger partial charge in [-0.1, -0.05) is 24.3 Å². The number of imide groups is 1. The van der Waals surface area contributed by atoms with Crippen molar-refractivity contribution in [3.8, 4) is 0 Å². The number of carbonyl (C=O) groups excluding carboxylic acids is 3. The highest BCUT2D eigenvalue weighted by molar-refractivity contribution is 5.98. The Bertz CT molecular complexity index is 796. The molecule has 25 heavy (non-hydrogen) atoms. The van der Waals surface area contributed by atoms with Crippen molar-refractivity contribution >= 4 is 28.9 Å². The second-order valence-electron chi connectivity index (χ2n) is 4.96. The van der Waals surface area contributed by atoms with Crippen LogP contribution in [0.1, 0.15) is 16.1 Å². The summed E-state index contributed by atoms with van der Waals surface area (Å²) in [6.45, 7) is 3.16. The molecule has 8 heteroatoms. The molecule has 3 amide bonds. The summed E-state index contributed by atoms with van der Waals surface area (Å²) >= 11 is 0. The average Bonchev–Trinajstić information content (AvgIpc) is 2.97.